The maximum Gasteiger partial charge on any atom is 0.416 e. The lowest BCUT2D eigenvalue weighted by molar-refractivity contribution is -0.137. The molecular weight excluding hydrogens is 448 g/mol. The van der Waals surface area contributed by atoms with E-state index in [2.05, 4.69) is 10.1 Å². The number of alkyl halides is 6. The zero-order valence-electron chi connectivity index (χ0n) is 14.8. The van der Waals surface area contributed by atoms with Crippen LogP contribution in [0.15, 0.2) is 60.8 Å². The fourth-order valence-corrected chi connectivity index (χ4v) is 3.24. The molecule has 0 N–H and O–H groups in total. The predicted octanol–water partition coefficient (Wildman–Crippen LogP) is 7.02. The monoisotopic (exact) mass is 457 g/mol. The zero-order chi connectivity index (χ0) is 21.7. The van der Waals surface area contributed by atoms with Crippen LogP contribution in [0.2, 0.25) is 5.02 Å². The molecule has 0 fully saturated rings. The number of aromatic nitrogens is 3. The minimum absolute atomic E-state index is 0.0299. The van der Waals surface area contributed by atoms with Crippen LogP contribution < -0.4 is 0 Å². The van der Waals surface area contributed by atoms with Crippen molar-refractivity contribution < 1.29 is 22.0 Å². The largest absolute Gasteiger partial charge is 0.416 e. The molecule has 0 bridgehead atoms. The van der Waals surface area contributed by atoms with E-state index < -0.39 is 22.8 Å². The lowest BCUT2D eigenvalue weighted by atomic mass is 10.1. The zero-order valence-corrected chi connectivity index (χ0v) is 16.3. The number of benzene rings is 2. The normalized spacial score (nSPS) is 12.5. The van der Waals surface area contributed by atoms with Gasteiger partial charge in [-0.3, -0.25) is 0 Å². The van der Waals surface area contributed by atoms with Crippen LogP contribution in [0, 0.1) is 0 Å². The van der Waals surface area contributed by atoms with Crippen LogP contribution in [0.3, 0.4) is 0 Å². The molecule has 3 nitrogen and oxygen atoms in total. The number of rotatable bonds is 3. The minimum atomic E-state index is -4.52. The summed E-state index contributed by atoms with van der Waals surface area (Å²) < 4.78 is 67.5. The van der Waals surface area contributed by atoms with Crippen molar-refractivity contribution in [2.45, 2.75) is 11.6 Å². The second-order valence-electron chi connectivity index (χ2n) is 6.40. The second kappa shape index (κ2) is 7.21. The summed E-state index contributed by atoms with van der Waals surface area (Å²) in [6.07, 6.45) is -3.16. The van der Waals surface area contributed by atoms with Crippen LogP contribution in [0.1, 0.15) is 11.3 Å². The molecule has 0 unspecified atom stereocenters. The Morgan fingerprint density at radius 3 is 2.00 bits per heavy atom. The summed E-state index contributed by atoms with van der Waals surface area (Å²) in [4.78, 5) is 4.36. The Labute approximate surface area is 176 Å². The minimum Gasteiger partial charge on any atom is -0.228 e. The van der Waals surface area contributed by atoms with Gasteiger partial charge in [-0.05, 0) is 47.5 Å². The van der Waals surface area contributed by atoms with Gasteiger partial charge in [-0.15, -0.1) is 0 Å². The Morgan fingerprint density at radius 2 is 1.43 bits per heavy atom. The maximum absolute atomic E-state index is 14.1. The van der Waals surface area contributed by atoms with Gasteiger partial charge in [0.05, 0.1) is 17.5 Å². The average Bonchev–Trinajstić information content (AvgIpc) is 3.10. The quantitative estimate of drug-likeness (QED) is 0.244. The second-order valence-corrected chi connectivity index (χ2v) is 7.31. The van der Waals surface area contributed by atoms with Crippen LogP contribution in [-0.2, 0) is 11.6 Å². The summed E-state index contributed by atoms with van der Waals surface area (Å²) in [6.45, 7) is 0. The fourth-order valence-electron chi connectivity index (χ4n) is 2.98. The summed E-state index contributed by atoms with van der Waals surface area (Å²) in [5.41, 5.74) is -0.146. The third-order valence-electron chi connectivity index (χ3n) is 4.43. The first kappa shape index (κ1) is 20.6. The van der Waals surface area contributed by atoms with Crippen molar-refractivity contribution in [3.63, 3.8) is 0 Å². The van der Waals surface area contributed by atoms with E-state index in [1.165, 1.54) is 6.20 Å². The molecule has 2 heterocycles. The van der Waals surface area contributed by atoms with Gasteiger partial charge < -0.3 is 0 Å². The number of fused-ring (bicyclic) bond motifs is 1. The Kier molecular flexibility index (Phi) is 4.94. The molecule has 0 radical (unpaired) electrons. The maximum atomic E-state index is 14.1. The van der Waals surface area contributed by atoms with Crippen molar-refractivity contribution in [3.8, 4) is 22.4 Å². The Hall–Kier alpha value is -2.71. The van der Waals surface area contributed by atoms with Gasteiger partial charge in [0.25, 0.3) is 0 Å². The van der Waals surface area contributed by atoms with Gasteiger partial charge in [0.1, 0.15) is 5.69 Å². The van der Waals surface area contributed by atoms with Crippen molar-refractivity contribution in [1.82, 2.24) is 14.6 Å². The lowest BCUT2D eigenvalue weighted by Gasteiger charge is -2.13. The molecule has 0 aliphatic carbocycles. The average molecular weight is 458 g/mol. The molecule has 2 aromatic carbocycles. The predicted molar refractivity (Wildman–Crippen MR) is 104 cm³/mol. The topological polar surface area (TPSA) is 30.2 Å². The van der Waals surface area contributed by atoms with Gasteiger partial charge in [-0.1, -0.05) is 35.9 Å². The highest BCUT2D eigenvalue weighted by atomic mass is 35.5. The summed E-state index contributed by atoms with van der Waals surface area (Å²) in [6, 6.07) is 11.6. The molecular formula is C20H10Cl2F5N3. The molecule has 2 aromatic heterocycles. The first-order valence-electron chi connectivity index (χ1n) is 8.43. The Bertz CT molecular complexity index is 1210. The smallest absolute Gasteiger partial charge is 0.228 e. The SMILES string of the molecule is FC(F)(F)c1ccc(-c2cc(C(F)(F)Cl)n3ncc(-c4ccc(Cl)cc4)c3n2)cc1. The van der Waals surface area contributed by atoms with Crippen LogP contribution >= 0.6 is 23.2 Å². The molecule has 154 valence electrons. The van der Waals surface area contributed by atoms with E-state index in [9.17, 15) is 22.0 Å². The molecule has 0 aliphatic rings. The van der Waals surface area contributed by atoms with Crippen LogP contribution in [0.5, 0.6) is 0 Å². The molecule has 0 spiro atoms. The molecule has 0 atom stereocenters. The van der Waals surface area contributed by atoms with Crippen molar-refractivity contribution in [2.75, 3.05) is 0 Å². The van der Waals surface area contributed by atoms with E-state index in [0.29, 0.717) is 16.1 Å². The van der Waals surface area contributed by atoms with E-state index in [-0.39, 0.29) is 16.9 Å². The number of hydrogen-bond donors (Lipinski definition) is 0. The van der Waals surface area contributed by atoms with E-state index in [1.54, 1.807) is 24.3 Å². The van der Waals surface area contributed by atoms with E-state index in [0.717, 1.165) is 34.8 Å². The number of halogens is 7. The van der Waals surface area contributed by atoms with Crippen molar-refractivity contribution in [3.05, 3.63) is 77.1 Å². The molecule has 4 aromatic rings. The molecule has 0 saturated heterocycles. The molecule has 10 heteroatoms. The Balaban J connectivity index is 1.92. The van der Waals surface area contributed by atoms with Gasteiger partial charge >= 0.3 is 11.6 Å². The molecule has 0 aliphatic heterocycles. The van der Waals surface area contributed by atoms with Crippen LogP contribution in [0.25, 0.3) is 28.0 Å². The summed E-state index contributed by atoms with van der Waals surface area (Å²) >= 11 is 11.2. The summed E-state index contributed by atoms with van der Waals surface area (Å²) in [7, 11) is 0. The highest BCUT2D eigenvalue weighted by Crippen LogP contribution is 2.37. The third kappa shape index (κ3) is 3.85. The lowest BCUT2D eigenvalue weighted by Crippen LogP contribution is -2.12. The molecule has 4 rings (SSSR count). The first-order valence-corrected chi connectivity index (χ1v) is 9.19. The first-order chi connectivity index (χ1) is 14.0. The standard InChI is InChI=1S/C20H10Cl2F5N3/c21-14-7-3-11(4-8-14)15-10-28-30-17(19(22,23)24)9-16(29-18(15)30)12-1-5-13(6-2-12)20(25,26)27/h1-10H. The van der Waals surface area contributed by atoms with Crippen molar-refractivity contribution in [2.24, 2.45) is 0 Å². The highest BCUT2D eigenvalue weighted by molar-refractivity contribution is 6.30. The molecule has 0 amide bonds. The summed E-state index contributed by atoms with van der Waals surface area (Å²) in [5.74, 6) is 0. The van der Waals surface area contributed by atoms with Crippen LogP contribution in [0.4, 0.5) is 22.0 Å². The van der Waals surface area contributed by atoms with Gasteiger partial charge in [0.2, 0.25) is 0 Å². The van der Waals surface area contributed by atoms with E-state index >= 15 is 0 Å². The summed E-state index contributed by atoms with van der Waals surface area (Å²) in [5, 5.41) is 0.674. The van der Waals surface area contributed by atoms with Gasteiger partial charge in [0.15, 0.2) is 5.65 Å². The number of hydrogen-bond acceptors (Lipinski definition) is 2. The highest BCUT2D eigenvalue weighted by Gasteiger charge is 2.34. The Morgan fingerprint density at radius 1 is 0.833 bits per heavy atom. The molecule has 30 heavy (non-hydrogen) atoms. The third-order valence-corrected chi connectivity index (χ3v) is 4.87. The van der Waals surface area contributed by atoms with Crippen molar-refractivity contribution in [1.29, 1.82) is 0 Å². The van der Waals surface area contributed by atoms with Gasteiger partial charge in [-0.2, -0.15) is 27.1 Å². The van der Waals surface area contributed by atoms with Gasteiger partial charge in [0, 0.05) is 16.1 Å². The molecule has 0 saturated carbocycles. The van der Waals surface area contributed by atoms with Crippen LogP contribution in [-0.4, -0.2) is 14.6 Å². The van der Waals surface area contributed by atoms with Gasteiger partial charge in [-0.25, -0.2) is 9.50 Å². The van der Waals surface area contributed by atoms with E-state index in [1.807, 2.05) is 0 Å². The fraction of sp³-hybridized carbons (Fsp3) is 0.100. The van der Waals surface area contributed by atoms with Crippen molar-refractivity contribution >= 4 is 28.8 Å². The number of nitrogens with zero attached hydrogens (tertiary/aromatic N) is 3. The van der Waals surface area contributed by atoms with E-state index in [4.69, 9.17) is 23.2 Å².